The number of pyridine rings is 1. The van der Waals surface area contributed by atoms with Gasteiger partial charge in [0.25, 0.3) is 0 Å². The van der Waals surface area contributed by atoms with Gasteiger partial charge in [-0.25, -0.2) is 0 Å². The summed E-state index contributed by atoms with van der Waals surface area (Å²) >= 11 is 0. The first-order valence-corrected chi connectivity index (χ1v) is 6.97. The Labute approximate surface area is 115 Å². The molecule has 1 aliphatic rings. The van der Waals surface area contributed by atoms with Crippen molar-refractivity contribution >= 4 is 0 Å². The normalized spacial score (nSPS) is 17.4. The number of hydrogen-bond acceptors (Lipinski definition) is 4. The Kier molecular flexibility index (Phi) is 4.77. The molecule has 0 bridgehead atoms. The van der Waals surface area contributed by atoms with Crippen molar-refractivity contribution in [3.05, 3.63) is 24.0 Å². The quantitative estimate of drug-likeness (QED) is 0.907. The van der Waals surface area contributed by atoms with Gasteiger partial charge < -0.3 is 14.8 Å². The molecule has 1 aliphatic heterocycles. The van der Waals surface area contributed by atoms with Crippen molar-refractivity contribution in [3.8, 4) is 5.75 Å². The molecule has 0 spiro atoms. The minimum Gasteiger partial charge on any atom is -0.489 e. The summed E-state index contributed by atoms with van der Waals surface area (Å²) in [4.78, 5) is 4.43. The fraction of sp³-hybridized carbons (Fsp3) is 0.667. The minimum absolute atomic E-state index is 0.110. The number of ether oxygens (including phenoxy) is 2. The number of rotatable bonds is 4. The van der Waals surface area contributed by atoms with Gasteiger partial charge in [0.15, 0.2) is 0 Å². The van der Waals surface area contributed by atoms with Gasteiger partial charge in [-0.1, -0.05) is 0 Å². The second kappa shape index (κ2) is 6.35. The predicted octanol–water partition coefficient (Wildman–Crippen LogP) is 2.53. The Morgan fingerprint density at radius 3 is 2.63 bits per heavy atom. The molecule has 2 rings (SSSR count). The van der Waals surface area contributed by atoms with E-state index >= 15 is 0 Å². The van der Waals surface area contributed by atoms with Crippen LogP contribution in [0.4, 0.5) is 0 Å². The number of nitrogens with zero attached hydrogens (tertiary/aromatic N) is 1. The summed E-state index contributed by atoms with van der Waals surface area (Å²) in [5, 5.41) is 3.42. The third-order valence-electron chi connectivity index (χ3n) is 3.07. The zero-order chi connectivity index (χ0) is 13.7. The van der Waals surface area contributed by atoms with Crippen molar-refractivity contribution in [2.75, 3.05) is 13.2 Å². The van der Waals surface area contributed by atoms with Crippen molar-refractivity contribution in [2.24, 2.45) is 0 Å². The SMILES string of the molecule is CC(C)(C)NCc1ccc(OC2CCOCC2)cn1. The Balaban J connectivity index is 1.83. The average Bonchev–Trinajstić information content (AvgIpc) is 2.38. The molecule has 0 atom stereocenters. The van der Waals surface area contributed by atoms with E-state index in [1.165, 1.54) is 0 Å². The maximum Gasteiger partial charge on any atom is 0.138 e. The molecular weight excluding hydrogens is 240 g/mol. The van der Waals surface area contributed by atoms with Crippen LogP contribution in [-0.2, 0) is 11.3 Å². The minimum atomic E-state index is 0.110. The van der Waals surface area contributed by atoms with Crippen molar-refractivity contribution in [1.82, 2.24) is 10.3 Å². The largest absolute Gasteiger partial charge is 0.489 e. The summed E-state index contributed by atoms with van der Waals surface area (Å²) in [6.07, 6.45) is 4.02. The summed E-state index contributed by atoms with van der Waals surface area (Å²) in [5.74, 6) is 0.853. The number of hydrogen-bond donors (Lipinski definition) is 1. The van der Waals surface area contributed by atoms with Crippen molar-refractivity contribution in [2.45, 2.75) is 51.8 Å². The Morgan fingerprint density at radius 2 is 2.05 bits per heavy atom. The zero-order valence-corrected chi connectivity index (χ0v) is 12.1. The number of nitrogens with one attached hydrogen (secondary N) is 1. The van der Waals surface area contributed by atoms with E-state index in [0.29, 0.717) is 0 Å². The van der Waals surface area contributed by atoms with E-state index in [2.05, 4.69) is 31.1 Å². The highest BCUT2D eigenvalue weighted by atomic mass is 16.5. The van der Waals surface area contributed by atoms with E-state index in [0.717, 1.165) is 44.0 Å². The van der Waals surface area contributed by atoms with Crippen LogP contribution in [0.2, 0.25) is 0 Å². The smallest absolute Gasteiger partial charge is 0.138 e. The van der Waals surface area contributed by atoms with Crippen LogP contribution < -0.4 is 10.1 Å². The molecule has 1 saturated heterocycles. The van der Waals surface area contributed by atoms with E-state index < -0.39 is 0 Å². The summed E-state index contributed by atoms with van der Waals surface area (Å²) in [7, 11) is 0. The van der Waals surface area contributed by atoms with Crippen molar-refractivity contribution < 1.29 is 9.47 Å². The average molecular weight is 264 g/mol. The van der Waals surface area contributed by atoms with Crippen LogP contribution in [0.3, 0.4) is 0 Å². The molecule has 0 aromatic carbocycles. The van der Waals surface area contributed by atoms with E-state index in [4.69, 9.17) is 9.47 Å². The second-order valence-electron chi connectivity index (χ2n) is 6.02. The molecule has 4 heteroatoms. The first kappa shape index (κ1) is 14.3. The van der Waals surface area contributed by atoms with Gasteiger partial charge in [-0.2, -0.15) is 0 Å². The van der Waals surface area contributed by atoms with Gasteiger partial charge in [-0.15, -0.1) is 0 Å². The molecule has 1 fully saturated rings. The monoisotopic (exact) mass is 264 g/mol. The maximum absolute atomic E-state index is 5.89. The standard InChI is InChI=1S/C15H24N2O2/c1-15(2,3)17-10-12-4-5-14(11-16-12)19-13-6-8-18-9-7-13/h4-5,11,13,17H,6-10H2,1-3H3. The molecule has 0 unspecified atom stereocenters. The maximum atomic E-state index is 5.89. The molecule has 4 nitrogen and oxygen atoms in total. The summed E-state index contributed by atoms with van der Waals surface area (Å²) < 4.78 is 11.2. The highest BCUT2D eigenvalue weighted by molar-refractivity contribution is 5.20. The molecule has 19 heavy (non-hydrogen) atoms. The lowest BCUT2D eigenvalue weighted by atomic mass is 10.1. The number of aromatic nitrogens is 1. The lowest BCUT2D eigenvalue weighted by Crippen LogP contribution is -2.35. The molecule has 0 saturated carbocycles. The summed E-state index contributed by atoms with van der Waals surface area (Å²) in [6, 6.07) is 4.02. The fourth-order valence-corrected chi connectivity index (χ4v) is 1.93. The second-order valence-corrected chi connectivity index (χ2v) is 6.02. The van der Waals surface area contributed by atoms with Crippen molar-refractivity contribution in [3.63, 3.8) is 0 Å². The molecule has 1 N–H and O–H groups in total. The molecule has 2 heterocycles. The highest BCUT2D eigenvalue weighted by Crippen LogP contribution is 2.17. The van der Waals surface area contributed by atoms with E-state index in [1.54, 1.807) is 0 Å². The third kappa shape index (κ3) is 5.17. The Bertz CT molecular complexity index is 378. The molecule has 1 aromatic heterocycles. The summed E-state index contributed by atoms with van der Waals surface area (Å²) in [6.45, 7) is 8.82. The predicted molar refractivity (Wildman–Crippen MR) is 75.3 cm³/mol. The van der Waals surface area contributed by atoms with Crippen LogP contribution in [0.5, 0.6) is 5.75 Å². The Morgan fingerprint density at radius 1 is 1.32 bits per heavy atom. The Hall–Kier alpha value is -1.13. The first-order valence-electron chi connectivity index (χ1n) is 6.97. The van der Waals surface area contributed by atoms with E-state index in [1.807, 2.05) is 18.3 Å². The molecule has 0 radical (unpaired) electrons. The zero-order valence-electron chi connectivity index (χ0n) is 12.1. The van der Waals surface area contributed by atoms with Gasteiger partial charge in [-0.05, 0) is 32.9 Å². The summed E-state index contributed by atoms with van der Waals surface area (Å²) in [5.41, 5.74) is 1.15. The van der Waals surface area contributed by atoms with E-state index in [9.17, 15) is 0 Å². The van der Waals surface area contributed by atoms with Crippen LogP contribution in [0.25, 0.3) is 0 Å². The van der Waals surface area contributed by atoms with Gasteiger partial charge in [0.05, 0.1) is 25.1 Å². The molecular formula is C15H24N2O2. The van der Waals surface area contributed by atoms with Crippen LogP contribution in [0, 0.1) is 0 Å². The molecule has 106 valence electrons. The van der Waals surface area contributed by atoms with Crippen LogP contribution in [-0.4, -0.2) is 29.8 Å². The van der Waals surface area contributed by atoms with Gasteiger partial charge in [0.1, 0.15) is 11.9 Å². The molecule has 1 aromatic rings. The lowest BCUT2D eigenvalue weighted by molar-refractivity contribution is 0.0254. The highest BCUT2D eigenvalue weighted by Gasteiger charge is 2.15. The van der Waals surface area contributed by atoms with Gasteiger partial charge >= 0.3 is 0 Å². The first-order chi connectivity index (χ1) is 9.03. The van der Waals surface area contributed by atoms with Crippen molar-refractivity contribution in [1.29, 1.82) is 0 Å². The van der Waals surface area contributed by atoms with Crippen LogP contribution in [0.15, 0.2) is 18.3 Å². The lowest BCUT2D eigenvalue weighted by Gasteiger charge is -2.23. The third-order valence-corrected chi connectivity index (χ3v) is 3.07. The van der Waals surface area contributed by atoms with Gasteiger partial charge in [0, 0.05) is 24.9 Å². The van der Waals surface area contributed by atoms with Crippen LogP contribution >= 0.6 is 0 Å². The molecule has 0 amide bonds. The van der Waals surface area contributed by atoms with E-state index in [-0.39, 0.29) is 11.6 Å². The molecule has 0 aliphatic carbocycles. The van der Waals surface area contributed by atoms with Crippen LogP contribution in [0.1, 0.15) is 39.3 Å². The topological polar surface area (TPSA) is 43.4 Å². The van der Waals surface area contributed by atoms with Gasteiger partial charge in [-0.3, -0.25) is 4.98 Å². The van der Waals surface area contributed by atoms with Gasteiger partial charge in [0.2, 0.25) is 0 Å². The fourth-order valence-electron chi connectivity index (χ4n) is 1.93.